The standard InChI is InChI=1S/C20H22O5/c1-13(2)25-18-10-9-14(12-19(18)24-4)11-16(20(21)22)15-7-5-6-8-17(15)23-3/h5-13H,1-4H3,(H,21,22)/b16-11-. The van der Waals surface area contributed by atoms with Crippen molar-refractivity contribution in [1.82, 2.24) is 0 Å². The van der Waals surface area contributed by atoms with Crippen LogP contribution in [0, 0.1) is 0 Å². The molecule has 0 radical (unpaired) electrons. The molecule has 5 nitrogen and oxygen atoms in total. The van der Waals surface area contributed by atoms with E-state index >= 15 is 0 Å². The Morgan fingerprint density at radius 2 is 1.68 bits per heavy atom. The second-order valence-electron chi connectivity index (χ2n) is 5.64. The molecule has 2 aromatic rings. The van der Waals surface area contributed by atoms with Crippen molar-refractivity contribution in [2.45, 2.75) is 20.0 Å². The Morgan fingerprint density at radius 1 is 1.00 bits per heavy atom. The van der Waals surface area contributed by atoms with Gasteiger partial charge in [-0.25, -0.2) is 4.79 Å². The molecule has 0 aliphatic carbocycles. The number of aliphatic carboxylic acids is 1. The first-order valence-electron chi connectivity index (χ1n) is 7.89. The van der Waals surface area contributed by atoms with E-state index in [2.05, 4.69) is 0 Å². The smallest absolute Gasteiger partial charge is 0.336 e. The second-order valence-corrected chi connectivity index (χ2v) is 5.64. The number of hydrogen-bond acceptors (Lipinski definition) is 4. The highest BCUT2D eigenvalue weighted by atomic mass is 16.5. The van der Waals surface area contributed by atoms with Gasteiger partial charge in [0.05, 0.1) is 25.9 Å². The minimum atomic E-state index is -1.04. The van der Waals surface area contributed by atoms with Gasteiger partial charge in [0, 0.05) is 5.56 Å². The van der Waals surface area contributed by atoms with E-state index in [4.69, 9.17) is 14.2 Å². The summed E-state index contributed by atoms with van der Waals surface area (Å²) in [7, 11) is 3.06. The zero-order chi connectivity index (χ0) is 18.4. The first-order chi connectivity index (χ1) is 12.0. The van der Waals surface area contributed by atoms with Crippen molar-refractivity contribution in [3.63, 3.8) is 0 Å². The summed E-state index contributed by atoms with van der Waals surface area (Å²) in [4.78, 5) is 11.8. The zero-order valence-corrected chi connectivity index (χ0v) is 14.8. The van der Waals surface area contributed by atoms with E-state index in [1.54, 1.807) is 55.7 Å². The van der Waals surface area contributed by atoms with E-state index in [-0.39, 0.29) is 11.7 Å². The first-order valence-corrected chi connectivity index (χ1v) is 7.89. The van der Waals surface area contributed by atoms with Gasteiger partial charge < -0.3 is 19.3 Å². The number of hydrogen-bond donors (Lipinski definition) is 1. The number of carbonyl (C=O) groups is 1. The van der Waals surface area contributed by atoms with Gasteiger partial charge in [-0.15, -0.1) is 0 Å². The summed E-state index contributed by atoms with van der Waals surface area (Å²) in [5.41, 5.74) is 1.34. The molecule has 0 heterocycles. The predicted octanol–water partition coefficient (Wildman–Crippen LogP) is 4.12. The lowest BCUT2D eigenvalue weighted by Crippen LogP contribution is -2.06. The van der Waals surface area contributed by atoms with Crippen LogP contribution >= 0.6 is 0 Å². The van der Waals surface area contributed by atoms with Crippen LogP contribution in [0.1, 0.15) is 25.0 Å². The van der Waals surface area contributed by atoms with Crippen molar-refractivity contribution >= 4 is 17.6 Å². The highest BCUT2D eigenvalue weighted by Crippen LogP contribution is 2.32. The van der Waals surface area contributed by atoms with Gasteiger partial charge in [0.1, 0.15) is 5.75 Å². The molecule has 132 valence electrons. The van der Waals surface area contributed by atoms with E-state index in [9.17, 15) is 9.90 Å². The van der Waals surface area contributed by atoms with Gasteiger partial charge in [0.2, 0.25) is 0 Å². The van der Waals surface area contributed by atoms with Crippen molar-refractivity contribution in [2.75, 3.05) is 14.2 Å². The molecule has 5 heteroatoms. The largest absolute Gasteiger partial charge is 0.496 e. The monoisotopic (exact) mass is 342 g/mol. The van der Waals surface area contributed by atoms with E-state index in [0.717, 1.165) is 0 Å². The summed E-state index contributed by atoms with van der Waals surface area (Å²) >= 11 is 0. The summed E-state index contributed by atoms with van der Waals surface area (Å²) in [6.07, 6.45) is 1.60. The lowest BCUT2D eigenvalue weighted by atomic mass is 10.0. The average Bonchev–Trinajstić information content (AvgIpc) is 2.60. The van der Waals surface area contributed by atoms with Crippen LogP contribution in [0.3, 0.4) is 0 Å². The fourth-order valence-corrected chi connectivity index (χ4v) is 2.41. The van der Waals surface area contributed by atoms with Gasteiger partial charge in [-0.3, -0.25) is 0 Å². The molecule has 2 aromatic carbocycles. The normalized spacial score (nSPS) is 11.3. The predicted molar refractivity (Wildman–Crippen MR) is 97.3 cm³/mol. The van der Waals surface area contributed by atoms with Gasteiger partial charge in [0.15, 0.2) is 11.5 Å². The SMILES string of the molecule is COc1cc(/C=C(\C(=O)O)c2ccccc2OC)ccc1OC(C)C. The Kier molecular flexibility index (Phi) is 6.06. The third kappa shape index (κ3) is 4.53. The quantitative estimate of drug-likeness (QED) is 0.606. The second kappa shape index (κ2) is 8.24. The molecule has 0 aliphatic rings. The number of carboxylic acid groups (broad SMARTS) is 1. The maximum Gasteiger partial charge on any atom is 0.336 e. The Balaban J connectivity index is 2.49. The number of rotatable bonds is 7. The fourth-order valence-electron chi connectivity index (χ4n) is 2.41. The fraction of sp³-hybridized carbons (Fsp3) is 0.250. The molecule has 1 N–H and O–H groups in total. The van der Waals surface area contributed by atoms with Crippen molar-refractivity contribution in [3.05, 3.63) is 53.6 Å². The van der Waals surface area contributed by atoms with E-state index in [1.165, 1.54) is 7.11 Å². The topological polar surface area (TPSA) is 65.0 Å². The van der Waals surface area contributed by atoms with Crippen molar-refractivity contribution < 1.29 is 24.1 Å². The molecular formula is C20H22O5. The van der Waals surface area contributed by atoms with Crippen LogP contribution in [0.25, 0.3) is 11.6 Å². The summed E-state index contributed by atoms with van der Waals surface area (Å²) in [6.45, 7) is 3.86. The van der Waals surface area contributed by atoms with Gasteiger partial charge in [0.25, 0.3) is 0 Å². The van der Waals surface area contributed by atoms with Gasteiger partial charge in [-0.1, -0.05) is 24.3 Å². The number of carboxylic acids is 1. The van der Waals surface area contributed by atoms with Crippen LogP contribution in [0.4, 0.5) is 0 Å². The molecule has 0 unspecified atom stereocenters. The Morgan fingerprint density at radius 3 is 2.28 bits per heavy atom. The Labute approximate surface area is 147 Å². The number of ether oxygens (including phenoxy) is 3. The molecule has 0 saturated carbocycles. The molecule has 0 atom stereocenters. The molecule has 0 amide bonds. The molecule has 0 spiro atoms. The molecule has 0 aromatic heterocycles. The number of para-hydroxylation sites is 1. The maximum absolute atomic E-state index is 11.8. The summed E-state index contributed by atoms with van der Waals surface area (Å²) in [5.74, 6) is 0.630. The van der Waals surface area contributed by atoms with E-state index in [1.807, 2.05) is 13.8 Å². The van der Waals surface area contributed by atoms with Crippen LogP contribution in [-0.4, -0.2) is 31.4 Å². The molecule has 0 saturated heterocycles. The third-order valence-electron chi connectivity index (χ3n) is 3.49. The van der Waals surface area contributed by atoms with Crippen LogP contribution in [0.2, 0.25) is 0 Å². The van der Waals surface area contributed by atoms with Crippen LogP contribution in [0.5, 0.6) is 17.2 Å². The summed E-state index contributed by atoms with van der Waals surface area (Å²) < 4.78 is 16.3. The highest BCUT2D eigenvalue weighted by molar-refractivity contribution is 6.21. The van der Waals surface area contributed by atoms with Crippen LogP contribution < -0.4 is 14.2 Å². The highest BCUT2D eigenvalue weighted by Gasteiger charge is 2.16. The molecule has 0 aliphatic heterocycles. The Hall–Kier alpha value is -2.95. The van der Waals surface area contributed by atoms with Gasteiger partial charge >= 0.3 is 5.97 Å². The summed E-state index contributed by atoms with van der Waals surface area (Å²) in [6, 6.07) is 12.3. The zero-order valence-electron chi connectivity index (χ0n) is 14.8. The van der Waals surface area contributed by atoms with Crippen LogP contribution in [-0.2, 0) is 4.79 Å². The van der Waals surface area contributed by atoms with Crippen molar-refractivity contribution in [1.29, 1.82) is 0 Å². The van der Waals surface area contributed by atoms with Crippen LogP contribution in [0.15, 0.2) is 42.5 Å². The lowest BCUT2D eigenvalue weighted by Gasteiger charge is -2.14. The molecule has 0 fully saturated rings. The molecule has 0 bridgehead atoms. The van der Waals surface area contributed by atoms with Crippen molar-refractivity contribution in [2.24, 2.45) is 0 Å². The van der Waals surface area contributed by atoms with E-state index in [0.29, 0.717) is 28.4 Å². The third-order valence-corrected chi connectivity index (χ3v) is 3.49. The number of benzene rings is 2. The Bertz CT molecular complexity index is 777. The number of methoxy groups -OCH3 is 2. The summed E-state index contributed by atoms with van der Waals surface area (Å²) in [5, 5.41) is 9.63. The van der Waals surface area contributed by atoms with Gasteiger partial charge in [-0.2, -0.15) is 0 Å². The van der Waals surface area contributed by atoms with E-state index < -0.39 is 5.97 Å². The average molecular weight is 342 g/mol. The minimum Gasteiger partial charge on any atom is -0.496 e. The van der Waals surface area contributed by atoms with Crippen molar-refractivity contribution in [3.8, 4) is 17.2 Å². The molecule has 2 rings (SSSR count). The minimum absolute atomic E-state index is 0.0125. The molecule has 25 heavy (non-hydrogen) atoms. The first kappa shape index (κ1) is 18.4. The molecular weight excluding hydrogens is 320 g/mol. The van der Waals surface area contributed by atoms with Gasteiger partial charge in [-0.05, 0) is 43.7 Å². The maximum atomic E-state index is 11.8. The lowest BCUT2D eigenvalue weighted by molar-refractivity contribution is -0.130.